The van der Waals surface area contributed by atoms with E-state index in [1.165, 1.54) is 17.8 Å². The van der Waals surface area contributed by atoms with Crippen molar-refractivity contribution in [3.05, 3.63) is 52.2 Å². The number of anilines is 1. The number of aromatic nitrogens is 3. The third-order valence-electron chi connectivity index (χ3n) is 3.09. The summed E-state index contributed by atoms with van der Waals surface area (Å²) in [5.74, 6) is 0. The number of rotatable bonds is 2. The van der Waals surface area contributed by atoms with Gasteiger partial charge in [0.2, 0.25) is 0 Å². The number of hydrogen-bond acceptors (Lipinski definition) is 5. The first kappa shape index (κ1) is 13.6. The first-order valence-electron chi connectivity index (χ1n) is 6.43. The molecule has 0 atom stereocenters. The molecule has 6 heteroatoms. The summed E-state index contributed by atoms with van der Waals surface area (Å²) in [4.78, 5) is 23.9. The minimum absolute atomic E-state index is 0.150. The van der Waals surface area contributed by atoms with Crippen molar-refractivity contribution in [2.75, 3.05) is 5.73 Å². The fraction of sp³-hybridized carbons (Fsp3) is 0.133. The summed E-state index contributed by atoms with van der Waals surface area (Å²) in [6, 6.07) is 7.24. The monoisotopic (exact) mass is 298 g/mol. The molecule has 3 aromatic rings. The predicted molar refractivity (Wildman–Crippen MR) is 84.6 cm³/mol. The summed E-state index contributed by atoms with van der Waals surface area (Å²) in [6.45, 7) is 3.73. The van der Waals surface area contributed by atoms with Crippen molar-refractivity contribution in [1.29, 1.82) is 0 Å². The van der Waals surface area contributed by atoms with Gasteiger partial charge in [-0.2, -0.15) is 0 Å². The molecule has 0 unspecified atom stereocenters. The van der Waals surface area contributed by atoms with Crippen molar-refractivity contribution in [3.63, 3.8) is 0 Å². The lowest BCUT2D eigenvalue weighted by molar-refractivity contribution is 0.906. The molecule has 0 saturated carbocycles. The summed E-state index contributed by atoms with van der Waals surface area (Å²) < 4.78 is 0. The van der Waals surface area contributed by atoms with E-state index < -0.39 is 0 Å². The number of nitrogens with one attached hydrogen (secondary N) is 1. The molecule has 0 amide bonds. The first-order valence-corrected chi connectivity index (χ1v) is 7.25. The van der Waals surface area contributed by atoms with Crippen molar-refractivity contribution in [2.45, 2.75) is 23.9 Å². The number of benzene rings is 1. The van der Waals surface area contributed by atoms with E-state index >= 15 is 0 Å². The summed E-state index contributed by atoms with van der Waals surface area (Å²) in [5.41, 5.74) is 8.14. The van der Waals surface area contributed by atoms with Crippen LogP contribution in [0, 0.1) is 13.8 Å². The Bertz CT molecular complexity index is 888. The van der Waals surface area contributed by atoms with Crippen molar-refractivity contribution in [2.24, 2.45) is 0 Å². The van der Waals surface area contributed by atoms with Crippen LogP contribution in [0.2, 0.25) is 0 Å². The van der Waals surface area contributed by atoms with Gasteiger partial charge in [-0.05, 0) is 32.0 Å². The summed E-state index contributed by atoms with van der Waals surface area (Å²) >= 11 is 1.41. The van der Waals surface area contributed by atoms with Crippen LogP contribution in [0.15, 0.2) is 45.3 Å². The highest BCUT2D eigenvalue weighted by atomic mass is 32.2. The number of fused-ring (bicyclic) bond motifs is 1. The van der Waals surface area contributed by atoms with E-state index in [4.69, 9.17) is 5.73 Å². The molecule has 0 bridgehead atoms. The van der Waals surface area contributed by atoms with E-state index in [9.17, 15) is 4.79 Å². The molecule has 5 nitrogen and oxygen atoms in total. The van der Waals surface area contributed by atoms with Crippen LogP contribution in [-0.4, -0.2) is 15.0 Å². The molecule has 0 radical (unpaired) electrons. The SMILES string of the molecule is Cc1cc2c(Sc3nc(C)cc(=O)[nH]3)ccc(N)c2cn1. The molecule has 106 valence electrons. The number of aromatic amines is 1. The molecule has 2 heterocycles. The highest BCUT2D eigenvalue weighted by Crippen LogP contribution is 2.34. The van der Waals surface area contributed by atoms with Crippen LogP contribution in [0.3, 0.4) is 0 Å². The average molecular weight is 298 g/mol. The molecule has 0 aliphatic heterocycles. The molecule has 3 rings (SSSR count). The van der Waals surface area contributed by atoms with Gasteiger partial charge >= 0.3 is 0 Å². The smallest absolute Gasteiger partial charge is 0.251 e. The first-order chi connectivity index (χ1) is 10.0. The number of nitrogen functional groups attached to an aromatic ring is 1. The van der Waals surface area contributed by atoms with Crippen LogP contribution in [0.1, 0.15) is 11.4 Å². The highest BCUT2D eigenvalue weighted by molar-refractivity contribution is 7.99. The van der Waals surface area contributed by atoms with E-state index in [1.54, 1.807) is 13.1 Å². The highest BCUT2D eigenvalue weighted by Gasteiger charge is 2.08. The van der Waals surface area contributed by atoms with Gasteiger partial charge in [-0.25, -0.2) is 4.98 Å². The van der Waals surface area contributed by atoms with Crippen LogP contribution < -0.4 is 11.3 Å². The second-order valence-corrected chi connectivity index (χ2v) is 5.85. The molecule has 2 aromatic heterocycles. The van der Waals surface area contributed by atoms with Crippen molar-refractivity contribution in [1.82, 2.24) is 15.0 Å². The maximum Gasteiger partial charge on any atom is 0.251 e. The summed E-state index contributed by atoms with van der Waals surface area (Å²) in [6.07, 6.45) is 1.77. The quantitative estimate of drug-likeness (QED) is 0.561. The van der Waals surface area contributed by atoms with E-state index in [2.05, 4.69) is 15.0 Å². The molecule has 21 heavy (non-hydrogen) atoms. The number of nitrogens with two attached hydrogens (primary N) is 1. The topological polar surface area (TPSA) is 84.7 Å². The van der Waals surface area contributed by atoms with Gasteiger partial charge in [-0.3, -0.25) is 9.78 Å². The van der Waals surface area contributed by atoms with Crippen molar-refractivity contribution < 1.29 is 0 Å². The lowest BCUT2D eigenvalue weighted by atomic mass is 10.1. The zero-order valence-electron chi connectivity index (χ0n) is 11.7. The van der Waals surface area contributed by atoms with Crippen molar-refractivity contribution in [3.8, 4) is 0 Å². The van der Waals surface area contributed by atoms with Gasteiger partial charge in [0.05, 0.1) is 0 Å². The minimum atomic E-state index is -0.150. The number of H-pyrrole nitrogens is 1. The van der Waals surface area contributed by atoms with E-state index in [0.29, 0.717) is 16.5 Å². The standard InChI is InChI=1S/C15H14N4OS/c1-8-5-10-11(7-17-8)12(16)3-4-13(10)21-15-18-9(2)6-14(20)19-15/h3-7H,16H2,1-2H3,(H,18,19,20). The summed E-state index contributed by atoms with van der Waals surface area (Å²) in [7, 11) is 0. The third kappa shape index (κ3) is 2.75. The van der Waals surface area contributed by atoms with Gasteiger partial charge in [-0.1, -0.05) is 11.8 Å². The van der Waals surface area contributed by atoms with E-state index in [0.717, 1.165) is 21.4 Å². The fourth-order valence-electron chi connectivity index (χ4n) is 2.13. The van der Waals surface area contributed by atoms with Crippen LogP contribution >= 0.6 is 11.8 Å². The normalized spacial score (nSPS) is 11.0. The minimum Gasteiger partial charge on any atom is -0.398 e. The largest absolute Gasteiger partial charge is 0.398 e. The molecule has 0 aliphatic carbocycles. The molecule has 3 N–H and O–H groups in total. The zero-order valence-corrected chi connectivity index (χ0v) is 12.5. The van der Waals surface area contributed by atoms with E-state index in [-0.39, 0.29) is 5.56 Å². The lowest BCUT2D eigenvalue weighted by Gasteiger charge is -2.08. The Balaban J connectivity index is 2.14. The Hall–Kier alpha value is -2.34. The third-order valence-corrected chi connectivity index (χ3v) is 4.05. The van der Waals surface area contributed by atoms with Gasteiger partial charge in [0, 0.05) is 45.0 Å². The Morgan fingerprint density at radius 3 is 2.71 bits per heavy atom. The predicted octanol–water partition coefficient (Wildman–Crippen LogP) is 2.67. The molecule has 0 fully saturated rings. The molecule has 0 saturated heterocycles. The number of nitrogens with zero attached hydrogens (tertiary/aromatic N) is 2. The Kier molecular flexibility index (Phi) is 3.39. The molecule has 0 aliphatic rings. The van der Waals surface area contributed by atoms with Crippen molar-refractivity contribution >= 4 is 28.2 Å². The molecule has 0 spiro atoms. The van der Waals surface area contributed by atoms with Gasteiger partial charge in [0.25, 0.3) is 5.56 Å². The zero-order chi connectivity index (χ0) is 15.0. The van der Waals surface area contributed by atoms with E-state index in [1.807, 2.05) is 25.1 Å². The molecular formula is C15H14N4OS. The van der Waals surface area contributed by atoms with Gasteiger partial charge in [-0.15, -0.1) is 0 Å². The number of aryl methyl sites for hydroxylation is 2. The van der Waals surface area contributed by atoms with Gasteiger partial charge in [0.15, 0.2) is 5.16 Å². The van der Waals surface area contributed by atoms with Crippen LogP contribution in [0.4, 0.5) is 5.69 Å². The number of hydrogen-bond donors (Lipinski definition) is 2. The Morgan fingerprint density at radius 1 is 1.14 bits per heavy atom. The maximum atomic E-state index is 11.5. The van der Waals surface area contributed by atoms with Gasteiger partial charge in [0.1, 0.15) is 0 Å². The van der Waals surface area contributed by atoms with Gasteiger partial charge < -0.3 is 10.7 Å². The fourth-order valence-corrected chi connectivity index (χ4v) is 3.10. The Morgan fingerprint density at radius 2 is 1.95 bits per heavy atom. The van der Waals surface area contributed by atoms with Crippen LogP contribution in [0.25, 0.3) is 10.8 Å². The second kappa shape index (κ2) is 5.21. The van der Waals surface area contributed by atoms with Crippen LogP contribution in [-0.2, 0) is 0 Å². The molecular weight excluding hydrogens is 284 g/mol. The van der Waals surface area contributed by atoms with Crippen LogP contribution in [0.5, 0.6) is 0 Å². The maximum absolute atomic E-state index is 11.5. The number of pyridine rings is 1. The Labute approximate surface area is 125 Å². The summed E-state index contributed by atoms with van der Waals surface area (Å²) in [5, 5.41) is 2.48. The average Bonchev–Trinajstić information content (AvgIpc) is 2.41. The lowest BCUT2D eigenvalue weighted by Crippen LogP contribution is -2.07. The molecule has 1 aromatic carbocycles. The second-order valence-electron chi connectivity index (χ2n) is 4.82.